The van der Waals surface area contributed by atoms with Crippen LogP contribution in [0, 0.1) is 12.7 Å². The van der Waals surface area contributed by atoms with Crippen molar-refractivity contribution in [3.8, 4) is 0 Å². The second kappa shape index (κ2) is 14.0. The first-order valence-electron chi connectivity index (χ1n) is 12.8. The van der Waals surface area contributed by atoms with Crippen molar-refractivity contribution in [3.05, 3.63) is 93.7 Å². The van der Waals surface area contributed by atoms with Crippen molar-refractivity contribution in [2.24, 2.45) is 0 Å². The first kappa shape index (κ1) is 31.4. The highest BCUT2D eigenvalue weighted by Crippen LogP contribution is 2.28. The highest BCUT2D eigenvalue weighted by molar-refractivity contribution is 7.92. The molecule has 0 bridgehead atoms. The monoisotopic (exact) mass is 607 g/mol. The third kappa shape index (κ3) is 7.53. The predicted molar refractivity (Wildman–Crippen MR) is 157 cm³/mol. The van der Waals surface area contributed by atoms with Crippen molar-refractivity contribution >= 4 is 50.7 Å². The molecular formula is C29H32Cl2FN3O4S. The third-order valence-corrected chi connectivity index (χ3v) is 8.66. The Balaban J connectivity index is 2.08. The lowest BCUT2D eigenvalue weighted by molar-refractivity contribution is -0.140. The Morgan fingerprint density at radius 3 is 2.27 bits per heavy atom. The van der Waals surface area contributed by atoms with Gasteiger partial charge in [-0.25, -0.2) is 12.8 Å². The maximum absolute atomic E-state index is 15.0. The molecule has 0 aromatic heterocycles. The summed E-state index contributed by atoms with van der Waals surface area (Å²) in [5.74, 6) is -1.91. The van der Waals surface area contributed by atoms with Gasteiger partial charge >= 0.3 is 0 Å². The van der Waals surface area contributed by atoms with Crippen LogP contribution in [0.25, 0.3) is 0 Å². The molecule has 0 radical (unpaired) electrons. The Morgan fingerprint density at radius 2 is 1.68 bits per heavy atom. The topological polar surface area (TPSA) is 86.8 Å². The summed E-state index contributed by atoms with van der Waals surface area (Å²) in [5, 5.41) is 3.49. The number of carbonyl (C=O) groups excluding carboxylic acids is 2. The second-order valence-electron chi connectivity index (χ2n) is 9.25. The summed E-state index contributed by atoms with van der Waals surface area (Å²) in [6, 6.07) is 15.2. The van der Waals surface area contributed by atoms with E-state index in [1.807, 2.05) is 13.8 Å². The molecule has 0 saturated heterocycles. The van der Waals surface area contributed by atoms with E-state index in [-0.39, 0.29) is 34.5 Å². The van der Waals surface area contributed by atoms with Crippen molar-refractivity contribution in [1.29, 1.82) is 0 Å². The maximum Gasteiger partial charge on any atom is 0.264 e. The van der Waals surface area contributed by atoms with Crippen LogP contribution in [0.5, 0.6) is 0 Å². The second-order valence-corrected chi connectivity index (χ2v) is 12.0. The summed E-state index contributed by atoms with van der Waals surface area (Å²) in [6.07, 6.45) is 0.936. The number of amides is 2. The summed E-state index contributed by atoms with van der Waals surface area (Å²) < 4.78 is 43.3. The van der Waals surface area contributed by atoms with Crippen molar-refractivity contribution in [2.75, 3.05) is 17.4 Å². The number of benzene rings is 3. The number of sulfonamides is 1. The van der Waals surface area contributed by atoms with Gasteiger partial charge in [0.25, 0.3) is 10.0 Å². The van der Waals surface area contributed by atoms with E-state index in [1.54, 1.807) is 31.2 Å². The van der Waals surface area contributed by atoms with Crippen LogP contribution in [0.1, 0.15) is 37.8 Å². The molecule has 3 aromatic carbocycles. The Labute approximate surface area is 244 Å². The number of aryl methyl sites for hydroxylation is 1. The number of rotatable bonds is 12. The van der Waals surface area contributed by atoms with Gasteiger partial charge in [-0.2, -0.15) is 0 Å². The van der Waals surface area contributed by atoms with Crippen LogP contribution < -0.4 is 9.62 Å². The van der Waals surface area contributed by atoms with Gasteiger partial charge in [0.15, 0.2) is 0 Å². The summed E-state index contributed by atoms with van der Waals surface area (Å²) >= 11 is 12.4. The summed E-state index contributed by atoms with van der Waals surface area (Å²) in [4.78, 5) is 28.3. The molecule has 2 amide bonds. The molecule has 0 saturated carbocycles. The zero-order valence-electron chi connectivity index (χ0n) is 22.5. The first-order chi connectivity index (χ1) is 19.0. The van der Waals surface area contributed by atoms with Gasteiger partial charge in [0, 0.05) is 23.1 Å². The van der Waals surface area contributed by atoms with Gasteiger partial charge in [-0.3, -0.25) is 13.9 Å². The van der Waals surface area contributed by atoms with Crippen LogP contribution in [0.4, 0.5) is 10.1 Å². The van der Waals surface area contributed by atoms with Crippen molar-refractivity contribution < 1.29 is 22.4 Å². The van der Waals surface area contributed by atoms with Crippen LogP contribution in [-0.2, 0) is 26.2 Å². The fourth-order valence-electron chi connectivity index (χ4n) is 4.12. The number of para-hydroxylation sites is 1. The molecule has 0 fully saturated rings. The number of carbonyl (C=O) groups is 2. The fraction of sp³-hybridized carbons (Fsp3) is 0.310. The molecule has 0 aliphatic heterocycles. The van der Waals surface area contributed by atoms with E-state index < -0.39 is 34.3 Å². The number of anilines is 1. The lowest BCUT2D eigenvalue weighted by Crippen LogP contribution is -2.52. The summed E-state index contributed by atoms with van der Waals surface area (Å²) in [5.41, 5.74) is 1.06. The highest BCUT2D eigenvalue weighted by atomic mass is 35.5. The zero-order chi connectivity index (χ0) is 29.4. The minimum absolute atomic E-state index is 0.0947. The lowest BCUT2D eigenvalue weighted by atomic mass is 10.1. The molecule has 0 unspecified atom stereocenters. The van der Waals surface area contributed by atoms with Crippen molar-refractivity contribution in [2.45, 2.75) is 51.1 Å². The normalized spacial score (nSPS) is 12.1. The molecule has 0 heterocycles. The van der Waals surface area contributed by atoms with Crippen molar-refractivity contribution in [1.82, 2.24) is 10.2 Å². The molecule has 3 rings (SSSR count). The standard InChI is InChI=1S/C29H32Cl2FN3O4S/c1-4-16-33-29(37)26(5-2)34(18-21-12-13-22(30)17-24(21)31)28(36)19-35(27-9-7-6-8-25(27)32)40(38,39)23-14-10-20(3)11-15-23/h6-15,17,26H,4-5,16,18-19H2,1-3H3,(H,33,37)/t26-/m1/s1. The average molecular weight is 609 g/mol. The van der Waals surface area contributed by atoms with Crippen LogP contribution >= 0.6 is 23.2 Å². The molecule has 0 spiro atoms. The summed E-state index contributed by atoms with van der Waals surface area (Å²) in [7, 11) is -4.37. The molecule has 1 atom stereocenters. The van der Waals surface area contributed by atoms with Gasteiger partial charge in [0.2, 0.25) is 11.8 Å². The van der Waals surface area contributed by atoms with Crippen LogP contribution in [0.3, 0.4) is 0 Å². The molecule has 0 aliphatic carbocycles. The lowest BCUT2D eigenvalue weighted by Gasteiger charge is -2.33. The minimum Gasteiger partial charge on any atom is -0.354 e. The largest absolute Gasteiger partial charge is 0.354 e. The van der Waals surface area contributed by atoms with E-state index in [9.17, 15) is 18.0 Å². The van der Waals surface area contributed by atoms with E-state index in [4.69, 9.17) is 23.2 Å². The van der Waals surface area contributed by atoms with Gasteiger partial charge in [-0.1, -0.05) is 72.9 Å². The molecule has 7 nitrogen and oxygen atoms in total. The van der Waals surface area contributed by atoms with E-state index in [2.05, 4.69) is 5.32 Å². The van der Waals surface area contributed by atoms with Crippen LogP contribution in [0.2, 0.25) is 10.0 Å². The number of hydrogen-bond acceptors (Lipinski definition) is 4. The zero-order valence-corrected chi connectivity index (χ0v) is 24.9. The molecular weight excluding hydrogens is 576 g/mol. The van der Waals surface area contributed by atoms with Crippen LogP contribution in [-0.4, -0.2) is 44.3 Å². The molecule has 214 valence electrons. The maximum atomic E-state index is 15.0. The minimum atomic E-state index is -4.37. The Morgan fingerprint density at radius 1 is 1.00 bits per heavy atom. The van der Waals surface area contributed by atoms with Gasteiger partial charge < -0.3 is 10.2 Å². The van der Waals surface area contributed by atoms with E-state index in [0.29, 0.717) is 23.6 Å². The van der Waals surface area contributed by atoms with E-state index >= 15 is 4.39 Å². The Hall–Kier alpha value is -3.14. The van der Waals surface area contributed by atoms with E-state index in [0.717, 1.165) is 15.9 Å². The molecule has 3 aromatic rings. The van der Waals surface area contributed by atoms with Gasteiger partial charge in [-0.05, 0) is 61.7 Å². The molecule has 40 heavy (non-hydrogen) atoms. The van der Waals surface area contributed by atoms with Gasteiger partial charge in [-0.15, -0.1) is 0 Å². The average Bonchev–Trinajstić information content (AvgIpc) is 2.92. The summed E-state index contributed by atoms with van der Waals surface area (Å²) in [6.45, 7) is 5.02. The number of nitrogens with one attached hydrogen (secondary N) is 1. The predicted octanol–water partition coefficient (Wildman–Crippen LogP) is 5.97. The quantitative estimate of drug-likeness (QED) is 0.275. The Bertz CT molecular complexity index is 1450. The smallest absolute Gasteiger partial charge is 0.264 e. The number of nitrogens with zero attached hydrogens (tertiary/aromatic N) is 2. The third-order valence-electron chi connectivity index (χ3n) is 6.30. The number of halogens is 3. The number of hydrogen-bond donors (Lipinski definition) is 1. The molecule has 11 heteroatoms. The molecule has 1 N–H and O–H groups in total. The molecule has 0 aliphatic rings. The fourth-order valence-corrected chi connectivity index (χ4v) is 6.01. The highest BCUT2D eigenvalue weighted by Gasteiger charge is 2.34. The van der Waals surface area contributed by atoms with Gasteiger partial charge in [0.1, 0.15) is 18.4 Å². The van der Waals surface area contributed by atoms with Crippen molar-refractivity contribution in [3.63, 3.8) is 0 Å². The Kier molecular flexibility index (Phi) is 11.0. The first-order valence-corrected chi connectivity index (χ1v) is 15.0. The van der Waals surface area contributed by atoms with E-state index in [1.165, 1.54) is 41.3 Å². The SMILES string of the molecule is CCCNC(=O)[C@@H](CC)N(Cc1ccc(Cl)cc1Cl)C(=O)CN(c1ccccc1F)S(=O)(=O)c1ccc(C)cc1. The van der Waals surface area contributed by atoms with Gasteiger partial charge in [0.05, 0.1) is 10.6 Å². The van der Waals surface area contributed by atoms with Crippen LogP contribution in [0.15, 0.2) is 71.6 Å².